The van der Waals surface area contributed by atoms with Crippen molar-refractivity contribution in [3.05, 3.63) is 16.1 Å². The van der Waals surface area contributed by atoms with Crippen molar-refractivity contribution in [3.63, 3.8) is 0 Å². The van der Waals surface area contributed by atoms with Gasteiger partial charge in [-0.25, -0.2) is 4.98 Å². The van der Waals surface area contributed by atoms with Gasteiger partial charge in [-0.15, -0.1) is 29.5 Å². The predicted molar refractivity (Wildman–Crippen MR) is 73.4 cm³/mol. The van der Waals surface area contributed by atoms with Crippen LogP contribution in [0, 0.1) is 12.3 Å². The highest BCUT2D eigenvalue weighted by atomic mass is 32.2. The topological polar surface area (TPSA) is 68.0 Å². The number of carbonyl (C=O) groups excluding carboxylic acids is 1. The average molecular weight is 269 g/mol. The van der Waals surface area contributed by atoms with Crippen molar-refractivity contribution in [2.24, 2.45) is 5.73 Å². The van der Waals surface area contributed by atoms with Gasteiger partial charge in [0.05, 0.1) is 10.8 Å². The number of hydrogen-bond donors (Lipinski definition) is 2. The molecule has 0 aliphatic rings. The number of nitrogens with zero attached hydrogens (tertiary/aromatic N) is 1. The Balaban J connectivity index is 2.29. The van der Waals surface area contributed by atoms with Crippen molar-refractivity contribution in [1.82, 2.24) is 10.3 Å². The minimum atomic E-state index is -0.133. The summed E-state index contributed by atoms with van der Waals surface area (Å²) in [5.41, 5.74) is 5.89. The van der Waals surface area contributed by atoms with Crippen LogP contribution in [0.1, 0.15) is 15.5 Å². The number of rotatable bonds is 7. The number of carbonyl (C=O) groups is 1. The number of nitrogens with one attached hydrogen (secondary N) is 1. The Morgan fingerprint density at radius 1 is 1.71 bits per heavy atom. The molecule has 0 aliphatic heterocycles. The maximum Gasteiger partial charge on any atom is 0.270 e. The Kier molecular flexibility index (Phi) is 6.70. The molecule has 3 N–H and O–H groups in total. The van der Waals surface area contributed by atoms with Crippen molar-refractivity contribution < 1.29 is 4.79 Å². The second kappa shape index (κ2) is 8.12. The Morgan fingerprint density at radius 2 is 2.53 bits per heavy atom. The fraction of sp³-hybridized carbons (Fsp3) is 0.455. The molecule has 17 heavy (non-hydrogen) atoms. The van der Waals surface area contributed by atoms with Crippen LogP contribution < -0.4 is 11.1 Å². The molecular weight excluding hydrogens is 254 g/mol. The van der Waals surface area contributed by atoms with Crippen LogP contribution in [0.4, 0.5) is 0 Å². The molecule has 0 atom stereocenters. The van der Waals surface area contributed by atoms with Gasteiger partial charge in [-0.2, -0.15) is 0 Å². The summed E-state index contributed by atoms with van der Waals surface area (Å²) in [6.45, 7) is 1.16. The second-order valence-corrected chi connectivity index (χ2v) is 5.23. The molecule has 0 radical (unpaired) electrons. The molecule has 1 heterocycles. The molecule has 92 valence electrons. The van der Waals surface area contributed by atoms with E-state index in [0.29, 0.717) is 24.5 Å². The molecule has 4 nitrogen and oxygen atoms in total. The molecule has 0 saturated carbocycles. The molecule has 1 aromatic rings. The van der Waals surface area contributed by atoms with Crippen LogP contribution in [0.5, 0.6) is 0 Å². The number of thioether (sulfide) groups is 1. The highest BCUT2D eigenvalue weighted by molar-refractivity contribution is 7.99. The number of amides is 1. The van der Waals surface area contributed by atoms with Crippen molar-refractivity contribution in [1.29, 1.82) is 0 Å². The number of aromatic nitrogens is 1. The van der Waals surface area contributed by atoms with Gasteiger partial charge in [0, 0.05) is 24.1 Å². The quantitative estimate of drug-likeness (QED) is 0.566. The van der Waals surface area contributed by atoms with Gasteiger partial charge in [0.1, 0.15) is 5.69 Å². The monoisotopic (exact) mass is 269 g/mol. The second-order valence-electron chi connectivity index (χ2n) is 3.18. The lowest BCUT2D eigenvalue weighted by atomic mass is 10.4. The summed E-state index contributed by atoms with van der Waals surface area (Å²) in [6, 6.07) is 0. The van der Waals surface area contributed by atoms with Gasteiger partial charge in [0.25, 0.3) is 5.91 Å². The minimum Gasteiger partial charge on any atom is -0.350 e. The first kappa shape index (κ1) is 14.0. The lowest BCUT2D eigenvalue weighted by Gasteiger charge is -2.01. The van der Waals surface area contributed by atoms with Gasteiger partial charge in [-0.05, 0) is 6.54 Å². The molecule has 0 unspecified atom stereocenters. The van der Waals surface area contributed by atoms with Gasteiger partial charge >= 0.3 is 0 Å². The SMILES string of the molecule is C#CCSCCNC(=O)c1csc(CCN)n1. The molecule has 0 saturated heterocycles. The zero-order valence-electron chi connectivity index (χ0n) is 9.44. The lowest BCUT2D eigenvalue weighted by molar-refractivity contribution is 0.0951. The Labute approximate surface area is 109 Å². The summed E-state index contributed by atoms with van der Waals surface area (Å²) in [6.07, 6.45) is 5.83. The van der Waals surface area contributed by atoms with Gasteiger partial charge in [0.2, 0.25) is 0 Å². The normalized spacial score (nSPS) is 9.88. The highest BCUT2D eigenvalue weighted by Crippen LogP contribution is 2.09. The van der Waals surface area contributed by atoms with E-state index < -0.39 is 0 Å². The molecular formula is C11H15N3OS2. The first-order valence-electron chi connectivity index (χ1n) is 5.21. The van der Waals surface area contributed by atoms with Crippen LogP contribution in [0.15, 0.2) is 5.38 Å². The van der Waals surface area contributed by atoms with Crippen molar-refractivity contribution in [2.75, 3.05) is 24.6 Å². The highest BCUT2D eigenvalue weighted by Gasteiger charge is 2.09. The van der Waals surface area contributed by atoms with Crippen molar-refractivity contribution in [2.45, 2.75) is 6.42 Å². The summed E-state index contributed by atoms with van der Waals surface area (Å²) in [5, 5.41) is 5.46. The van der Waals surface area contributed by atoms with E-state index in [1.54, 1.807) is 17.1 Å². The van der Waals surface area contributed by atoms with E-state index in [1.165, 1.54) is 11.3 Å². The number of thiazole rings is 1. The van der Waals surface area contributed by atoms with Crippen LogP contribution in [0.2, 0.25) is 0 Å². The van der Waals surface area contributed by atoms with Gasteiger partial charge in [0.15, 0.2) is 0 Å². The molecule has 1 amide bonds. The molecule has 0 spiro atoms. The molecule has 6 heteroatoms. The fourth-order valence-corrected chi connectivity index (χ4v) is 2.41. The van der Waals surface area contributed by atoms with Crippen LogP contribution in [0.3, 0.4) is 0 Å². The summed E-state index contributed by atoms with van der Waals surface area (Å²) in [5.74, 6) is 3.89. The van der Waals surface area contributed by atoms with Gasteiger partial charge in [-0.1, -0.05) is 5.92 Å². The fourth-order valence-electron chi connectivity index (χ4n) is 1.11. The zero-order valence-corrected chi connectivity index (χ0v) is 11.1. The summed E-state index contributed by atoms with van der Waals surface area (Å²) in [7, 11) is 0. The lowest BCUT2D eigenvalue weighted by Crippen LogP contribution is -2.26. The molecule has 0 bridgehead atoms. The standard InChI is InChI=1S/C11H15N3OS2/c1-2-6-16-7-5-13-11(15)9-8-17-10(14-9)3-4-12/h1,8H,3-7,12H2,(H,13,15). The Morgan fingerprint density at radius 3 is 3.24 bits per heavy atom. The first-order chi connectivity index (χ1) is 8.27. The minimum absolute atomic E-state index is 0.133. The zero-order chi connectivity index (χ0) is 12.5. The third-order valence-electron chi connectivity index (χ3n) is 1.86. The van der Waals surface area contributed by atoms with Gasteiger partial charge in [-0.3, -0.25) is 4.79 Å². The summed E-state index contributed by atoms with van der Waals surface area (Å²) >= 11 is 3.08. The number of terminal acetylenes is 1. The van der Waals surface area contributed by atoms with E-state index in [-0.39, 0.29) is 5.91 Å². The van der Waals surface area contributed by atoms with Crippen molar-refractivity contribution in [3.8, 4) is 12.3 Å². The van der Waals surface area contributed by atoms with E-state index in [4.69, 9.17) is 12.2 Å². The van der Waals surface area contributed by atoms with Crippen LogP contribution in [-0.2, 0) is 6.42 Å². The molecule has 1 rings (SSSR count). The third kappa shape index (κ3) is 5.22. The Bertz CT molecular complexity index is 398. The van der Waals surface area contributed by atoms with E-state index in [2.05, 4.69) is 16.2 Å². The van der Waals surface area contributed by atoms with E-state index >= 15 is 0 Å². The smallest absolute Gasteiger partial charge is 0.270 e. The maximum atomic E-state index is 11.6. The largest absolute Gasteiger partial charge is 0.350 e. The number of nitrogens with two attached hydrogens (primary N) is 1. The molecule has 0 aliphatic carbocycles. The Hall–Kier alpha value is -1.03. The number of hydrogen-bond acceptors (Lipinski definition) is 5. The molecule has 0 aromatic carbocycles. The summed E-state index contributed by atoms with van der Waals surface area (Å²) in [4.78, 5) is 15.8. The van der Waals surface area contributed by atoms with E-state index in [9.17, 15) is 4.79 Å². The maximum absolute atomic E-state index is 11.6. The summed E-state index contributed by atoms with van der Waals surface area (Å²) < 4.78 is 0. The molecule has 1 aromatic heterocycles. The van der Waals surface area contributed by atoms with Gasteiger partial charge < -0.3 is 11.1 Å². The van der Waals surface area contributed by atoms with Crippen LogP contribution in [0.25, 0.3) is 0 Å². The first-order valence-corrected chi connectivity index (χ1v) is 7.25. The predicted octanol–water partition coefficient (Wildman–Crippen LogP) is 0.741. The average Bonchev–Trinajstić information content (AvgIpc) is 2.78. The van der Waals surface area contributed by atoms with Crippen molar-refractivity contribution >= 4 is 29.0 Å². The third-order valence-corrected chi connectivity index (χ3v) is 3.63. The van der Waals surface area contributed by atoms with Crippen LogP contribution in [-0.4, -0.2) is 35.5 Å². The van der Waals surface area contributed by atoms with E-state index in [0.717, 1.165) is 17.2 Å². The van der Waals surface area contributed by atoms with E-state index in [1.807, 2.05) is 0 Å². The molecule has 0 fully saturated rings. The van der Waals surface area contributed by atoms with Crippen LogP contribution >= 0.6 is 23.1 Å².